The molecule has 1 unspecified atom stereocenters. The van der Waals surface area contributed by atoms with Gasteiger partial charge in [0.25, 0.3) is 0 Å². The van der Waals surface area contributed by atoms with Crippen LogP contribution in [0.4, 0.5) is 5.69 Å². The van der Waals surface area contributed by atoms with Gasteiger partial charge in [0.15, 0.2) is 0 Å². The highest BCUT2D eigenvalue weighted by Crippen LogP contribution is 2.34. The van der Waals surface area contributed by atoms with Crippen LogP contribution in [0.5, 0.6) is 0 Å². The molecule has 0 aromatic heterocycles. The molecule has 0 spiro atoms. The topological polar surface area (TPSA) is 23.5 Å². The van der Waals surface area contributed by atoms with Crippen molar-refractivity contribution >= 4 is 17.3 Å². The molecule has 0 aliphatic carbocycles. The van der Waals surface area contributed by atoms with Crippen molar-refractivity contribution in [2.75, 3.05) is 11.9 Å². The van der Waals surface area contributed by atoms with E-state index < -0.39 is 6.10 Å². The number of aliphatic hydroxyl groups is 1. The molecular formula is C18H22ClNO. The smallest absolute Gasteiger partial charge is 0.0807 e. The van der Waals surface area contributed by atoms with Crippen LogP contribution in [0.1, 0.15) is 43.5 Å². The third-order valence-electron chi connectivity index (χ3n) is 4.00. The average Bonchev–Trinajstić information content (AvgIpc) is 2.53. The Balaban J connectivity index is 2.36. The summed E-state index contributed by atoms with van der Waals surface area (Å²) in [6.07, 6.45) is 0.257. The molecule has 0 aliphatic rings. The molecule has 0 aliphatic heterocycles. The Labute approximate surface area is 132 Å². The SMILES string of the molecule is CC[C@H](O)c1ccccc1N(C)C(C)c1ccccc1Cl. The molecule has 0 heterocycles. The first kappa shape index (κ1) is 15.9. The summed E-state index contributed by atoms with van der Waals surface area (Å²) >= 11 is 6.30. The Morgan fingerprint density at radius 3 is 2.24 bits per heavy atom. The van der Waals surface area contributed by atoms with Gasteiger partial charge in [0.05, 0.1) is 12.1 Å². The van der Waals surface area contributed by atoms with Gasteiger partial charge in [-0.2, -0.15) is 0 Å². The number of nitrogens with zero attached hydrogens (tertiary/aromatic N) is 1. The van der Waals surface area contributed by atoms with Crippen LogP contribution >= 0.6 is 11.6 Å². The van der Waals surface area contributed by atoms with Crippen molar-refractivity contribution in [1.82, 2.24) is 0 Å². The molecule has 0 saturated heterocycles. The minimum atomic E-state index is -0.443. The van der Waals surface area contributed by atoms with Gasteiger partial charge in [-0.25, -0.2) is 0 Å². The zero-order valence-corrected chi connectivity index (χ0v) is 13.5. The van der Waals surface area contributed by atoms with Gasteiger partial charge < -0.3 is 10.0 Å². The van der Waals surface area contributed by atoms with Crippen molar-refractivity contribution in [2.45, 2.75) is 32.4 Å². The number of para-hydroxylation sites is 1. The summed E-state index contributed by atoms with van der Waals surface area (Å²) in [7, 11) is 2.04. The molecule has 2 atom stereocenters. The minimum absolute atomic E-state index is 0.129. The Morgan fingerprint density at radius 1 is 1.05 bits per heavy atom. The molecular weight excluding hydrogens is 282 g/mol. The lowest BCUT2D eigenvalue weighted by Crippen LogP contribution is -2.23. The van der Waals surface area contributed by atoms with Gasteiger partial charge in [0, 0.05) is 23.3 Å². The van der Waals surface area contributed by atoms with Crippen molar-refractivity contribution in [2.24, 2.45) is 0 Å². The van der Waals surface area contributed by atoms with Crippen LogP contribution in [0.3, 0.4) is 0 Å². The van der Waals surface area contributed by atoms with Crippen LogP contribution in [0, 0.1) is 0 Å². The van der Waals surface area contributed by atoms with E-state index in [2.05, 4.69) is 11.8 Å². The quantitative estimate of drug-likeness (QED) is 0.842. The molecule has 0 radical (unpaired) electrons. The van der Waals surface area contributed by atoms with Gasteiger partial charge in [0.2, 0.25) is 0 Å². The number of rotatable bonds is 5. The second-order valence-corrected chi connectivity index (χ2v) is 5.70. The molecule has 0 fully saturated rings. The first-order valence-corrected chi connectivity index (χ1v) is 7.68. The average molecular weight is 304 g/mol. The van der Waals surface area contributed by atoms with E-state index in [1.807, 2.05) is 62.5 Å². The van der Waals surface area contributed by atoms with Crippen molar-refractivity contribution in [3.05, 3.63) is 64.7 Å². The molecule has 3 heteroatoms. The van der Waals surface area contributed by atoms with Crippen LogP contribution < -0.4 is 4.90 Å². The summed E-state index contributed by atoms with van der Waals surface area (Å²) in [5.74, 6) is 0. The van der Waals surface area contributed by atoms with Crippen LogP contribution in [0.15, 0.2) is 48.5 Å². The van der Waals surface area contributed by atoms with Crippen LogP contribution in [0.25, 0.3) is 0 Å². The molecule has 2 aromatic rings. The Morgan fingerprint density at radius 2 is 1.62 bits per heavy atom. The molecule has 2 aromatic carbocycles. The van der Waals surface area contributed by atoms with Crippen molar-refractivity contribution in [3.8, 4) is 0 Å². The largest absolute Gasteiger partial charge is 0.388 e. The summed E-state index contributed by atoms with van der Waals surface area (Å²) in [4.78, 5) is 2.16. The Hall–Kier alpha value is -1.51. The normalized spacial score (nSPS) is 13.8. The van der Waals surface area contributed by atoms with E-state index in [0.717, 1.165) is 21.8 Å². The fourth-order valence-electron chi connectivity index (χ4n) is 2.54. The van der Waals surface area contributed by atoms with E-state index >= 15 is 0 Å². The molecule has 2 rings (SSSR count). The highest BCUT2D eigenvalue weighted by Gasteiger charge is 2.19. The van der Waals surface area contributed by atoms with E-state index in [1.165, 1.54) is 0 Å². The number of anilines is 1. The summed E-state index contributed by atoms with van der Waals surface area (Å²) in [6.45, 7) is 4.11. The number of halogens is 1. The predicted molar refractivity (Wildman–Crippen MR) is 90.0 cm³/mol. The highest BCUT2D eigenvalue weighted by molar-refractivity contribution is 6.31. The van der Waals surface area contributed by atoms with Gasteiger partial charge in [-0.15, -0.1) is 0 Å². The minimum Gasteiger partial charge on any atom is -0.388 e. The van der Waals surface area contributed by atoms with Gasteiger partial charge in [-0.05, 0) is 31.0 Å². The lowest BCUT2D eigenvalue weighted by Gasteiger charge is -2.31. The highest BCUT2D eigenvalue weighted by atomic mass is 35.5. The first-order chi connectivity index (χ1) is 10.1. The van der Waals surface area contributed by atoms with E-state index in [-0.39, 0.29) is 6.04 Å². The fourth-order valence-corrected chi connectivity index (χ4v) is 2.84. The molecule has 0 saturated carbocycles. The number of hydrogen-bond donors (Lipinski definition) is 1. The summed E-state index contributed by atoms with van der Waals surface area (Å²) in [5.41, 5.74) is 3.09. The lowest BCUT2D eigenvalue weighted by atomic mass is 10.0. The number of benzene rings is 2. The second kappa shape index (κ2) is 6.97. The molecule has 112 valence electrons. The zero-order valence-electron chi connectivity index (χ0n) is 12.8. The molecule has 21 heavy (non-hydrogen) atoms. The molecule has 0 bridgehead atoms. The van der Waals surface area contributed by atoms with Crippen LogP contribution in [-0.4, -0.2) is 12.2 Å². The van der Waals surface area contributed by atoms with E-state index in [1.54, 1.807) is 0 Å². The molecule has 0 amide bonds. The lowest BCUT2D eigenvalue weighted by molar-refractivity contribution is 0.174. The van der Waals surface area contributed by atoms with E-state index in [4.69, 9.17) is 11.6 Å². The summed E-state index contributed by atoms with van der Waals surface area (Å²) in [6, 6.07) is 16.0. The number of hydrogen-bond acceptors (Lipinski definition) is 2. The first-order valence-electron chi connectivity index (χ1n) is 7.30. The van der Waals surface area contributed by atoms with Crippen molar-refractivity contribution in [1.29, 1.82) is 0 Å². The van der Waals surface area contributed by atoms with Crippen molar-refractivity contribution < 1.29 is 5.11 Å². The Bertz CT molecular complexity index is 599. The number of aliphatic hydroxyl groups excluding tert-OH is 1. The van der Waals surface area contributed by atoms with Crippen LogP contribution in [-0.2, 0) is 0 Å². The monoisotopic (exact) mass is 303 g/mol. The van der Waals surface area contributed by atoms with Crippen molar-refractivity contribution in [3.63, 3.8) is 0 Å². The molecule has 1 N–H and O–H groups in total. The van der Waals surface area contributed by atoms with Gasteiger partial charge in [0.1, 0.15) is 0 Å². The Kier molecular flexibility index (Phi) is 5.27. The fraction of sp³-hybridized carbons (Fsp3) is 0.333. The zero-order chi connectivity index (χ0) is 15.4. The summed E-state index contributed by atoms with van der Waals surface area (Å²) < 4.78 is 0. The van der Waals surface area contributed by atoms with E-state index in [0.29, 0.717) is 6.42 Å². The maximum absolute atomic E-state index is 10.2. The maximum Gasteiger partial charge on any atom is 0.0807 e. The molecule has 2 nitrogen and oxygen atoms in total. The summed E-state index contributed by atoms with van der Waals surface area (Å²) in [5, 5.41) is 11.0. The van der Waals surface area contributed by atoms with Gasteiger partial charge in [-0.1, -0.05) is 54.9 Å². The predicted octanol–water partition coefficient (Wildman–Crippen LogP) is 4.98. The maximum atomic E-state index is 10.2. The third kappa shape index (κ3) is 3.39. The standard InChI is InChI=1S/C18H22ClNO/c1-4-18(21)15-10-6-8-12-17(15)20(3)13(2)14-9-5-7-11-16(14)19/h5-13,18,21H,4H2,1-3H3/t13?,18-/m0/s1. The second-order valence-electron chi connectivity index (χ2n) is 5.29. The third-order valence-corrected chi connectivity index (χ3v) is 4.34. The van der Waals surface area contributed by atoms with Gasteiger partial charge in [-0.3, -0.25) is 0 Å². The van der Waals surface area contributed by atoms with Gasteiger partial charge >= 0.3 is 0 Å². The van der Waals surface area contributed by atoms with E-state index in [9.17, 15) is 5.11 Å². The van der Waals surface area contributed by atoms with Crippen LogP contribution in [0.2, 0.25) is 5.02 Å².